The van der Waals surface area contributed by atoms with Gasteiger partial charge in [0.2, 0.25) is 15.9 Å². The molecule has 0 radical (unpaired) electrons. The van der Waals surface area contributed by atoms with Crippen LogP contribution in [0.3, 0.4) is 0 Å². The summed E-state index contributed by atoms with van der Waals surface area (Å²) in [6.07, 6.45) is 6.41. The van der Waals surface area contributed by atoms with Crippen LogP contribution in [-0.2, 0) is 14.8 Å². The molecule has 0 bridgehead atoms. The lowest BCUT2D eigenvalue weighted by Gasteiger charge is -2.24. The van der Waals surface area contributed by atoms with Crippen molar-refractivity contribution in [1.29, 1.82) is 0 Å². The molecule has 1 unspecified atom stereocenters. The summed E-state index contributed by atoms with van der Waals surface area (Å²) in [6, 6.07) is -0.221. The Morgan fingerprint density at radius 1 is 1.21 bits per heavy atom. The third-order valence-electron chi connectivity index (χ3n) is 4.03. The number of amides is 1. The van der Waals surface area contributed by atoms with Gasteiger partial charge in [0, 0.05) is 12.6 Å². The maximum absolute atomic E-state index is 12.2. The summed E-state index contributed by atoms with van der Waals surface area (Å²) in [5.41, 5.74) is 0. The van der Waals surface area contributed by atoms with Gasteiger partial charge in [0.05, 0.1) is 5.75 Å². The molecule has 110 valence electrons. The zero-order chi connectivity index (χ0) is 13.9. The maximum Gasteiger partial charge on any atom is 0.238 e. The molecule has 1 aliphatic heterocycles. The van der Waals surface area contributed by atoms with Gasteiger partial charge in [-0.15, -0.1) is 0 Å². The first-order chi connectivity index (χ1) is 9.04. The first-order valence-corrected chi connectivity index (χ1v) is 8.95. The van der Waals surface area contributed by atoms with Gasteiger partial charge in [-0.05, 0) is 32.1 Å². The molecule has 19 heavy (non-hydrogen) atoms. The van der Waals surface area contributed by atoms with E-state index in [1.54, 1.807) is 0 Å². The highest BCUT2D eigenvalue weighted by atomic mass is 32.2. The van der Waals surface area contributed by atoms with Crippen LogP contribution >= 0.6 is 0 Å². The topological polar surface area (TPSA) is 66.5 Å². The Kier molecular flexibility index (Phi) is 4.84. The number of nitrogens with zero attached hydrogens (tertiary/aromatic N) is 1. The fourth-order valence-electron chi connectivity index (χ4n) is 3.08. The molecule has 1 aliphatic carbocycles. The minimum absolute atomic E-state index is 0.0934. The van der Waals surface area contributed by atoms with Gasteiger partial charge in [0.15, 0.2) is 0 Å². The van der Waals surface area contributed by atoms with E-state index in [-0.39, 0.29) is 17.7 Å². The van der Waals surface area contributed by atoms with Crippen LogP contribution in [0.4, 0.5) is 0 Å². The number of carbonyl (C=O) groups excluding carboxylic acids is 1. The highest BCUT2D eigenvalue weighted by Crippen LogP contribution is 2.23. The van der Waals surface area contributed by atoms with Crippen molar-refractivity contribution in [3.05, 3.63) is 0 Å². The van der Waals surface area contributed by atoms with Crippen molar-refractivity contribution in [1.82, 2.24) is 9.62 Å². The second-order valence-corrected chi connectivity index (χ2v) is 7.62. The van der Waals surface area contributed by atoms with Gasteiger partial charge in [-0.1, -0.05) is 19.8 Å². The van der Waals surface area contributed by atoms with Crippen LogP contribution in [0.25, 0.3) is 0 Å². The van der Waals surface area contributed by atoms with Crippen molar-refractivity contribution in [3.63, 3.8) is 0 Å². The van der Waals surface area contributed by atoms with Crippen LogP contribution in [-0.4, -0.2) is 43.0 Å². The molecule has 2 aliphatic rings. The van der Waals surface area contributed by atoms with Gasteiger partial charge < -0.3 is 5.32 Å². The molecule has 0 aromatic carbocycles. The molecule has 2 fully saturated rings. The van der Waals surface area contributed by atoms with Crippen molar-refractivity contribution in [2.45, 2.75) is 64.0 Å². The SMILES string of the molecule is CCCS(=O)(=O)N1CCCC1C(=O)NC1CCCC1. The standard InChI is InChI=1S/C13H24N2O3S/c1-2-10-19(17,18)15-9-5-8-12(15)13(16)14-11-6-3-4-7-11/h11-12H,2-10H2,1H3,(H,14,16). The molecule has 0 aromatic heterocycles. The first kappa shape index (κ1) is 14.8. The van der Waals surface area contributed by atoms with E-state index in [0.29, 0.717) is 19.4 Å². The highest BCUT2D eigenvalue weighted by molar-refractivity contribution is 7.89. The molecule has 1 atom stereocenters. The average molecular weight is 288 g/mol. The van der Waals surface area contributed by atoms with Crippen molar-refractivity contribution < 1.29 is 13.2 Å². The second kappa shape index (κ2) is 6.22. The molecular formula is C13H24N2O3S. The van der Waals surface area contributed by atoms with Crippen LogP contribution in [0, 0.1) is 0 Å². The van der Waals surface area contributed by atoms with Crippen LogP contribution in [0.2, 0.25) is 0 Å². The Morgan fingerprint density at radius 3 is 2.53 bits per heavy atom. The fraction of sp³-hybridized carbons (Fsp3) is 0.923. The number of sulfonamides is 1. The molecule has 1 saturated heterocycles. The summed E-state index contributed by atoms with van der Waals surface area (Å²) in [5.74, 6) is 0.0456. The van der Waals surface area contributed by atoms with Crippen molar-refractivity contribution >= 4 is 15.9 Å². The Balaban J connectivity index is 1.99. The molecule has 1 N–H and O–H groups in total. The summed E-state index contributed by atoms with van der Waals surface area (Å²) in [5, 5.41) is 3.02. The zero-order valence-electron chi connectivity index (χ0n) is 11.6. The molecule has 0 aromatic rings. The van der Waals surface area contributed by atoms with Crippen molar-refractivity contribution in [3.8, 4) is 0 Å². The summed E-state index contributed by atoms with van der Waals surface area (Å²) in [6.45, 7) is 2.34. The molecular weight excluding hydrogens is 264 g/mol. The van der Waals surface area contributed by atoms with Gasteiger partial charge in [0.1, 0.15) is 6.04 Å². The van der Waals surface area contributed by atoms with Gasteiger partial charge in [-0.25, -0.2) is 8.42 Å². The van der Waals surface area contributed by atoms with Gasteiger partial charge in [-0.3, -0.25) is 4.79 Å². The average Bonchev–Trinajstić information content (AvgIpc) is 2.98. The smallest absolute Gasteiger partial charge is 0.238 e. The number of nitrogens with one attached hydrogen (secondary N) is 1. The Morgan fingerprint density at radius 2 is 1.89 bits per heavy atom. The molecule has 2 rings (SSSR count). The molecule has 1 amide bonds. The lowest BCUT2D eigenvalue weighted by Crippen LogP contribution is -2.48. The Labute approximate surface area is 115 Å². The van der Waals surface area contributed by atoms with E-state index in [0.717, 1.165) is 32.1 Å². The minimum Gasteiger partial charge on any atom is -0.352 e. The van der Waals surface area contributed by atoms with Gasteiger partial charge >= 0.3 is 0 Å². The van der Waals surface area contributed by atoms with Gasteiger partial charge in [-0.2, -0.15) is 4.31 Å². The highest BCUT2D eigenvalue weighted by Gasteiger charge is 2.38. The van der Waals surface area contributed by atoms with Crippen LogP contribution in [0.15, 0.2) is 0 Å². The summed E-state index contributed by atoms with van der Waals surface area (Å²) in [7, 11) is -3.27. The van der Waals surface area contributed by atoms with E-state index in [9.17, 15) is 13.2 Å². The molecule has 1 heterocycles. The van der Waals surface area contributed by atoms with Crippen molar-refractivity contribution in [2.75, 3.05) is 12.3 Å². The third kappa shape index (κ3) is 3.48. The van der Waals surface area contributed by atoms with Gasteiger partial charge in [0.25, 0.3) is 0 Å². The van der Waals surface area contributed by atoms with Crippen LogP contribution in [0.5, 0.6) is 0 Å². The maximum atomic E-state index is 12.2. The number of rotatable bonds is 5. The largest absolute Gasteiger partial charge is 0.352 e. The molecule has 1 saturated carbocycles. The second-order valence-electron chi connectivity index (χ2n) is 5.57. The molecule has 6 heteroatoms. The molecule has 0 spiro atoms. The van der Waals surface area contributed by atoms with E-state index >= 15 is 0 Å². The summed E-state index contributed by atoms with van der Waals surface area (Å²) < 4.78 is 25.7. The number of hydrogen-bond acceptors (Lipinski definition) is 3. The van der Waals surface area contributed by atoms with E-state index in [2.05, 4.69) is 5.32 Å². The van der Waals surface area contributed by atoms with E-state index in [1.807, 2.05) is 6.92 Å². The number of hydrogen-bond donors (Lipinski definition) is 1. The summed E-state index contributed by atoms with van der Waals surface area (Å²) >= 11 is 0. The predicted octanol–water partition coefficient (Wildman–Crippen LogP) is 1.25. The Hall–Kier alpha value is -0.620. The predicted molar refractivity (Wildman–Crippen MR) is 74.2 cm³/mol. The lowest BCUT2D eigenvalue weighted by molar-refractivity contribution is -0.124. The monoisotopic (exact) mass is 288 g/mol. The van der Waals surface area contributed by atoms with Crippen LogP contribution in [0.1, 0.15) is 51.9 Å². The zero-order valence-corrected chi connectivity index (χ0v) is 12.4. The number of carbonyl (C=O) groups is 1. The quantitative estimate of drug-likeness (QED) is 0.828. The normalized spacial score (nSPS) is 25.8. The van der Waals surface area contributed by atoms with Crippen molar-refractivity contribution in [2.24, 2.45) is 0 Å². The molecule has 5 nitrogen and oxygen atoms in total. The first-order valence-electron chi connectivity index (χ1n) is 7.34. The van der Waals surface area contributed by atoms with E-state index in [4.69, 9.17) is 0 Å². The van der Waals surface area contributed by atoms with E-state index < -0.39 is 16.1 Å². The van der Waals surface area contributed by atoms with Crippen LogP contribution < -0.4 is 5.32 Å². The Bertz CT molecular complexity index is 416. The fourth-order valence-corrected chi connectivity index (χ4v) is 4.82. The third-order valence-corrected chi connectivity index (χ3v) is 6.10. The summed E-state index contributed by atoms with van der Waals surface area (Å²) in [4.78, 5) is 12.2. The lowest BCUT2D eigenvalue weighted by atomic mass is 10.2. The minimum atomic E-state index is -3.27. The van der Waals surface area contributed by atoms with E-state index in [1.165, 1.54) is 4.31 Å².